The Hall–Kier alpha value is -1.47. The molecule has 0 aromatic carbocycles. The second-order valence-corrected chi connectivity index (χ2v) is 3.66. The van der Waals surface area contributed by atoms with E-state index in [4.69, 9.17) is 19.5 Å². The van der Waals surface area contributed by atoms with Gasteiger partial charge in [0, 0.05) is 0 Å². The molecule has 4 heteroatoms. The van der Waals surface area contributed by atoms with Crippen molar-refractivity contribution in [1.82, 2.24) is 0 Å². The van der Waals surface area contributed by atoms with Gasteiger partial charge in [-0.2, -0.15) is 5.26 Å². The van der Waals surface area contributed by atoms with Gasteiger partial charge in [-0.3, -0.25) is 0 Å². The van der Waals surface area contributed by atoms with Crippen molar-refractivity contribution in [3.05, 3.63) is 24.7 Å². The summed E-state index contributed by atoms with van der Waals surface area (Å²) in [5, 5.41) is 9.02. The Kier molecular flexibility index (Phi) is 1.42. The van der Waals surface area contributed by atoms with Crippen LogP contribution in [0.3, 0.4) is 0 Å². The molecule has 0 amide bonds. The van der Waals surface area contributed by atoms with Crippen molar-refractivity contribution >= 4 is 0 Å². The highest BCUT2D eigenvalue weighted by molar-refractivity contribution is 5.26. The monoisotopic (exact) mass is 191 g/mol. The summed E-state index contributed by atoms with van der Waals surface area (Å²) in [6, 6.07) is 2.25. The summed E-state index contributed by atoms with van der Waals surface area (Å²) in [6.45, 7) is 0. The van der Waals surface area contributed by atoms with E-state index in [-0.39, 0.29) is 12.0 Å². The zero-order chi connectivity index (χ0) is 9.60. The van der Waals surface area contributed by atoms with Crippen molar-refractivity contribution in [3.63, 3.8) is 0 Å². The fraction of sp³-hybridized carbons (Fsp3) is 0.500. The molecule has 0 N–H and O–H groups in total. The van der Waals surface area contributed by atoms with Gasteiger partial charge < -0.3 is 14.2 Å². The molecule has 2 bridgehead atoms. The Morgan fingerprint density at radius 2 is 2.14 bits per heavy atom. The minimum absolute atomic E-state index is 0.0486. The normalized spacial score (nSPS) is 43.6. The molecular weight excluding hydrogens is 182 g/mol. The maximum Gasteiger partial charge on any atom is 0.273 e. The largest absolute Gasteiger partial charge is 0.456 e. The fourth-order valence-electron chi connectivity index (χ4n) is 2.24. The molecule has 0 aliphatic carbocycles. The van der Waals surface area contributed by atoms with E-state index in [0.29, 0.717) is 0 Å². The number of fused-ring (bicyclic) bond motifs is 2. The van der Waals surface area contributed by atoms with Crippen LogP contribution in [0.1, 0.15) is 6.42 Å². The number of ether oxygens (including phenoxy) is 3. The zero-order valence-corrected chi connectivity index (χ0v) is 7.42. The van der Waals surface area contributed by atoms with E-state index in [0.717, 1.165) is 6.42 Å². The van der Waals surface area contributed by atoms with Crippen LogP contribution in [-0.4, -0.2) is 18.0 Å². The Morgan fingerprint density at radius 3 is 2.79 bits per heavy atom. The second-order valence-electron chi connectivity index (χ2n) is 3.66. The molecule has 0 radical (unpaired) electrons. The van der Waals surface area contributed by atoms with Gasteiger partial charge in [0.15, 0.2) is 5.60 Å². The van der Waals surface area contributed by atoms with Gasteiger partial charge in [-0.25, -0.2) is 0 Å². The average molecular weight is 191 g/mol. The summed E-state index contributed by atoms with van der Waals surface area (Å²) in [7, 11) is 0. The van der Waals surface area contributed by atoms with E-state index in [2.05, 4.69) is 6.07 Å². The lowest BCUT2D eigenvalue weighted by molar-refractivity contribution is -0.162. The zero-order valence-electron chi connectivity index (χ0n) is 7.42. The van der Waals surface area contributed by atoms with E-state index in [1.807, 2.05) is 12.2 Å². The van der Waals surface area contributed by atoms with Crippen molar-refractivity contribution < 1.29 is 14.2 Å². The number of hydrogen-bond acceptors (Lipinski definition) is 4. The predicted octanol–water partition coefficient (Wildman–Crippen LogP) is 1.07. The van der Waals surface area contributed by atoms with E-state index >= 15 is 0 Å². The molecule has 0 saturated carbocycles. The Morgan fingerprint density at radius 1 is 1.36 bits per heavy atom. The molecule has 0 aromatic rings. The minimum Gasteiger partial charge on any atom is -0.456 e. The van der Waals surface area contributed by atoms with Crippen molar-refractivity contribution in [2.75, 3.05) is 0 Å². The summed E-state index contributed by atoms with van der Waals surface area (Å²) >= 11 is 0. The van der Waals surface area contributed by atoms with Gasteiger partial charge >= 0.3 is 0 Å². The summed E-state index contributed by atoms with van der Waals surface area (Å²) in [4.78, 5) is 0. The predicted molar refractivity (Wildman–Crippen MR) is 45.6 cm³/mol. The highest BCUT2D eigenvalue weighted by Gasteiger charge is 2.58. The maximum absolute atomic E-state index is 9.02. The summed E-state index contributed by atoms with van der Waals surface area (Å²) < 4.78 is 16.2. The van der Waals surface area contributed by atoms with Crippen molar-refractivity contribution in [3.8, 4) is 6.07 Å². The number of rotatable bonds is 1. The molecule has 3 heterocycles. The summed E-state index contributed by atoms with van der Waals surface area (Å²) in [5.74, 6) is -0.178. The van der Waals surface area contributed by atoms with E-state index in [9.17, 15) is 0 Å². The highest BCUT2D eigenvalue weighted by Crippen LogP contribution is 2.46. The van der Waals surface area contributed by atoms with Crippen LogP contribution in [0, 0.1) is 17.2 Å². The molecule has 14 heavy (non-hydrogen) atoms. The Bertz CT molecular complexity index is 349. The molecule has 4 nitrogen and oxygen atoms in total. The van der Waals surface area contributed by atoms with Crippen LogP contribution in [0.25, 0.3) is 0 Å². The molecule has 3 aliphatic heterocycles. The third-order valence-corrected chi connectivity index (χ3v) is 2.92. The molecule has 3 aliphatic rings. The molecule has 72 valence electrons. The molecule has 0 aromatic heterocycles. The van der Waals surface area contributed by atoms with Gasteiger partial charge in [-0.05, 0) is 12.5 Å². The van der Waals surface area contributed by atoms with Crippen LogP contribution >= 0.6 is 0 Å². The number of hydrogen-bond donors (Lipinski definition) is 0. The first-order chi connectivity index (χ1) is 6.85. The first-order valence-corrected chi connectivity index (χ1v) is 4.58. The van der Waals surface area contributed by atoms with Gasteiger partial charge in [0.25, 0.3) is 6.29 Å². The van der Waals surface area contributed by atoms with Crippen LogP contribution in [-0.2, 0) is 14.2 Å². The van der Waals surface area contributed by atoms with Gasteiger partial charge in [-0.1, -0.05) is 6.08 Å². The lowest BCUT2D eigenvalue weighted by atomic mass is 9.83. The van der Waals surface area contributed by atoms with Crippen molar-refractivity contribution in [2.45, 2.75) is 24.4 Å². The van der Waals surface area contributed by atoms with Gasteiger partial charge in [-0.15, -0.1) is 0 Å². The molecular formula is C10H9NO3. The molecule has 3 rings (SSSR count). The van der Waals surface area contributed by atoms with Crippen LogP contribution in [0.4, 0.5) is 0 Å². The smallest absolute Gasteiger partial charge is 0.273 e. The molecule has 3 unspecified atom stereocenters. The maximum atomic E-state index is 9.02. The van der Waals surface area contributed by atoms with E-state index < -0.39 is 11.9 Å². The van der Waals surface area contributed by atoms with Crippen molar-refractivity contribution in [1.29, 1.82) is 5.26 Å². The SMILES string of the molecule is N#CC1CC2C=CC1(C1OC=CO1)O2. The quantitative estimate of drug-likeness (QED) is 0.582. The Balaban J connectivity index is 1.94. The first-order valence-electron chi connectivity index (χ1n) is 4.58. The average Bonchev–Trinajstić information content (AvgIpc) is 2.92. The van der Waals surface area contributed by atoms with Crippen molar-refractivity contribution in [2.24, 2.45) is 5.92 Å². The van der Waals surface area contributed by atoms with Crippen LogP contribution in [0.5, 0.6) is 0 Å². The standard InChI is InChI=1S/C10H9NO3/c11-6-7-5-8-1-2-10(7,14-8)9-12-3-4-13-9/h1-4,7-9H,5H2. The second kappa shape index (κ2) is 2.52. The fourth-order valence-corrected chi connectivity index (χ4v) is 2.24. The van der Waals surface area contributed by atoms with Crippen LogP contribution in [0.15, 0.2) is 24.7 Å². The summed E-state index contributed by atoms with van der Waals surface area (Å²) in [6.07, 6.45) is 7.11. The third kappa shape index (κ3) is 0.802. The highest BCUT2D eigenvalue weighted by atomic mass is 16.7. The first kappa shape index (κ1) is 7.89. The van der Waals surface area contributed by atoms with Crippen LogP contribution in [0.2, 0.25) is 0 Å². The van der Waals surface area contributed by atoms with Gasteiger partial charge in [0.05, 0.1) is 18.1 Å². The van der Waals surface area contributed by atoms with Gasteiger partial charge in [0.2, 0.25) is 0 Å². The minimum atomic E-state index is -0.692. The van der Waals surface area contributed by atoms with E-state index in [1.54, 1.807) is 0 Å². The topological polar surface area (TPSA) is 51.5 Å². The van der Waals surface area contributed by atoms with Crippen LogP contribution < -0.4 is 0 Å². The van der Waals surface area contributed by atoms with E-state index in [1.165, 1.54) is 12.5 Å². The number of nitrogens with zero attached hydrogens (tertiary/aromatic N) is 1. The summed E-state index contributed by atoms with van der Waals surface area (Å²) in [5.41, 5.74) is -0.692. The molecule has 3 atom stereocenters. The molecule has 0 spiro atoms. The molecule has 1 saturated heterocycles. The molecule has 1 fully saturated rings. The van der Waals surface area contributed by atoms with Gasteiger partial charge in [0.1, 0.15) is 12.5 Å². The third-order valence-electron chi connectivity index (χ3n) is 2.92. The lowest BCUT2D eigenvalue weighted by Gasteiger charge is -2.30. The number of nitriles is 1. The lowest BCUT2D eigenvalue weighted by Crippen LogP contribution is -2.44. The Labute approximate surface area is 81.4 Å².